The first-order chi connectivity index (χ1) is 4.59. The molecule has 2 atom stereocenters. The molecule has 60 valence electrons. The van der Waals surface area contributed by atoms with Crippen molar-refractivity contribution in [2.75, 3.05) is 6.67 Å². The lowest BCUT2D eigenvalue weighted by molar-refractivity contribution is -0.139. The van der Waals surface area contributed by atoms with E-state index < -0.39 is 18.7 Å². The summed E-state index contributed by atoms with van der Waals surface area (Å²) < 4.78 is 11.6. The number of carboxylic acid groups (broad SMARTS) is 1. The molecule has 3 nitrogen and oxygen atoms in total. The Morgan fingerprint density at radius 2 is 2.30 bits per heavy atom. The number of carboxylic acids is 1. The largest absolute Gasteiger partial charge is 0.480 e. The summed E-state index contributed by atoms with van der Waals surface area (Å²) >= 11 is 0. The van der Waals surface area contributed by atoms with Gasteiger partial charge in [0.1, 0.15) is 6.04 Å². The molecule has 0 amide bonds. The Kier molecular flexibility index (Phi) is 3.95. The first-order valence-corrected chi connectivity index (χ1v) is 3.14. The van der Waals surface area contributed by atoms with Crippen LogP contribution in [0.3, 0.4) is 0 Å². The SMILES string of the molecule is C[C@@H](CCF)[C@H](N)C(=O)O. The zero-order chi connectivity index (χ0) is 8.15. The monoisotopic (exact) mass is 149 g/mol. The molecule has 3 N–H and O–H groups in total. The summed E-state index contributed by atoms with van der Waals surface area (Å²) in [6.45, 7) is 1.11. The maximum absolute atomic E-state index is 11.6. The van der Waals surface area contributed by atoms with Gasteiger partial charge in [-0.15, -0.1) is 0 Å². The molecule has 0 aromatic heterocycles. The highest BCUT2D eigenvalue weighted by molar-refractivity contribution is 5.73. The van der Waals surface area contributed by atoms with E-state index in [0.29, 0.717) is 0 Å². The number of hydrogen-bond acceptors (Lipinski definition) is 2. The van der Waals surface area contributed by atoms with E-state index in [-0.39, 0.29) is 12.3 Å². The molecule has 0 heterocycles. The van der Waals surface area contributed by atoms with Gasteiger partial charge >= 0.3 is 5.97 Å². The zero-order valence-electron chi connectivity index (χ0n) is 5.88. The molecule has 0 unspecified atom stereocenters. The third-order valence-corrected chi connectivity index (χ3v) is 1.46. The minimum atomic E-state index is -1.07. The lowest BCUT2D eigenvalue weighted by Crippen LogP contribution is -2.36. The Labute approximate surface area is 59.0 Å². The van der Waals surface area contributed by atoms with Crippen LogP contribution in [0.4, 0.5) is 4.39 Å². The number of halogens is 1. The van der Waals surface area contributed by atoms with Crippen molar-refractivity contribution in [1.29, 1.82) is 0 Å². The van der Waals surface area contributed by atoms with E-state index in [1.807, 2.05) is 0 Å². The van der Waals surface area contributed by atoms with Crippen LogP contribution in [0.5, 0.6) is 0 Å². The summed E-state index contributed by atoms with van der Waals surface area (Å²) in [6, 6.07) is -0.934. The third kappa shape index (κ3) is 2.77. The fourth-order valence-electron chi connectivity index (χ4n) is 0.595. The molecule has 10 heavy (non-hydrogen) atoms. The van der Waals surface area contributed by atoms with Crippen LogP contribution in [0.25, 0.3) is 0 Å². The number of carbonyl (C=O) groups is 1. The normalized spacial score (nSPS) is 16.3. The minimum Gasteiger partial charge on any atom is -0.480 e. The fourth-order valence-corrected chi connectivity index (χ4v) is 0.595. The molecule has 0 saturated heterocycles. The van der Waals surface area contributed by atoms with Crippen molar-refractivity contribution in [2.45, 2.75) is 19.4 Å². The van der Waals surface area contributed by atoms with E-state index in [4.69, 9.17) is 10.8 Å². The van der Waals surface area contributed by atoms with Crippen molar-refractivity contribution in [3.05, 3.63) is 0 Å². The molecule has 0 saturated carbocycles. The molecule has 0 rings (SSSR count). The van der Waals surface area contributed by atoms with Crippen molar-refractivity contribution in [1.82, 2.24) is 0 Å². The van der Waals surface area contributed by atoms with Gasteiger partial charge in [0, 0.05) is 0 Å². The average molecular weight is 149 g/mol. The molecular formula is C6H12FNO2. The van der Waals surface area contributed by atoms with Crippen molar-refractivity contribution in [3.8, 4) is 0 Å². The van der Waals surface area contributed by atoms with Gasteiger partial charge < -0.3 is 10.8 Å². The average Bonchev–Trinajstić information content (AvgIpc) is 1.87. The second kappa shape index (κ2) is 4.22. The molecule has 0 spiro atoms. The van der Waals surface area contributed by atoms with Gasteiger partial charge in [0.05, 0.1) is 6.67 Å². The van der Waals surface area contributed by atoms with Gasteiger partial charge in [-0.2, -0.15) is 0 Å². The van der Waals surface area contributed by atoms with Crippen molar-refractivity contribution in [2.24, 2.45) is 11.7 Å². The number of rotatable bonds is 4. The van der Waals surface area contributed by atoms with Gasteiger partial charge in [-0.05, 0) is 12.3 Å². The highest BCUT2D eigenvalue weighted by Gasteiger charge is 2.18. The van der Waals surface area contributed by atoms with E-state index in [2.05, 4.69) is 0 Å². The van der Waals surface area contributed by atoms with E-state index in [1.54, 1.807) is 6.92 Å². The van der Waals surface area contributed by atoms with Crippen LogP contribution in [-0.2, 0) is 4.79 Å². The Morgan fingerprint density at radius 3 is 2.60 bits per heavy atom. The third-order valence-electron chi connectivity index (χ3n) is 1.46. The van der Waals surface area contributed by atoms with Crippen molar-refractivity contribution in [3.63, 3.8) is 0 Å². The van der Waals surface area contributed by atoms with Gasteiger partial charge in [-0.25, -0.2) is 0 Å². The first-order valence-electron chi connectivity index (χ1n) is 3.14. The predicted molar refractivity (Wildman–Crippen MR) is 35.4 cm³/mol. The van der Waals surface area contributed by atoms with Crippen molar-refractivity contribution >= 4 is 5.97 Å². The number of nitrogens with two attached hydrogens (primary N) is 1. The zero-order valence-corrected chi connectivity index (χ0v) is 5.88. The van der Waals surface area contributed by atoms with Crippen molar-refractivity contribution < 1.29 is 14.3 Å². The topological polar surface area (TPSA) is 63.3 Å². The molecule has 0 aromatic carbocycles. The Morgan fingerprint density at radius 1 is 1.80 bits per heavy atom. The summed E-state index contributed by atoms with van der Waals surface area (Å²) in [5.74, 6) is -1.36. The predicted octanol–water partition coefficient (Wildman–Crippen LogP) is 0.394. The van der Waals surface area contributed by atoms with Gasteiger partial charge in [0.15, 0.2) is 0 Å². The van der Waals surface area contributed by atoms with Crippen LogP contribution in [0.2, 0.25) is 0 Å². The minimum absolute atomic E-state index is 0.216. The number of alkyl halides is 1. The molecule has 0 aliphatic heterocycles. The van der Waals surface area contributed by atoms with Crippen LogP contribution in [0.1, 0.15) is 13.3 Å². The molecule has 0 fully saturated rings. The number of hydrogen-bond donors (Lipinski definition) is 2. The summed E-state index contributed by atoms with van der Waals surface area (Å²) in [7, 11) is 0. The van der Waals surface area contributed by atoms with Gasteiger partial charge in [0.25, 0.3) is 0 Å². The number of aliphatic carboxylic acids is 1. The van der Waals surface area contributed by atoms with E-state index in [0.717, 1.165) is 0 Å². The molecule has 0 aliphatic rings. The highest BCUT2D eigenvalue weighted by Crippen LogP contribution is 2.05. The second-order valence-electron chi connectivity index (χ2n) is 2.32. The Bertz CT molecular complexity index is 118. The maximum Gasteiger partial charge on any atom is 0.320 e. The summed E-state index contributed by atoms with van der Waals surface area (Å²) in [4.78, 5) is 10.2. The summed E-state index contributed by atoms with van der Waals surface area (Å²) in [5, 5.41) is 8.33. The lowest BCUT2D eigenvalue weighted by atomic mass is 10.0. The van der Waals surface area contributed by atoms with Crippen LogP contribution in [0, 0.1) is 5.92 Å². The van der Waals surface area contributed by atoms with Crippen LogP contribution in [0.15, 0.2) is 0 Å². The molecular weight excluding hydrogens is 137 g/mol. The summed E-state index contributed by atoms with van der Waals surface area (Å²) in [5.41, 5.74) is 5.18. The van der Waals surface area contributed by atoms with Gasteiger partial charge in [-0.3, -0.25) is 9.18 Å². The first kappa shape index (κ1) is 9.36. The highest BCUT2D eigenvalue weighted by atomic mass is 19.1. The molecule has 0 radical (unpaired) electrons. The quantitative estimate of drug-likeness (QED) is 0.608. The molecule has 4 heteroatoms. The maximum atomic E-state index is 11.6. The Balaban J connectivity index is 3.69. The van der Waals surface area contributed by atoms with Crippen LogP contribution >= 0.6 is 0 Å². The second-order valence-corrected chi connectivity index (χ2v) is 2.32. The van der Waals surface area contributed by atoms with Crippen LogP contribution < -0.4 is 5.73 Å². The van der Waals surface area contributed by atoms with Gasteiger partial charge in [0.2, 0.25) is 0 Å². The van der Waals surface area contributed by atoms with Gasteiger partial charge in [-0.1, -0.05) is 6.92 Å². The van der Waals surface area contributed by atoms with Crippen LogP contribution in [-0.4, -0.2) is 23.8 Å². The lowest BCUT2D eigenvalue weighted by Gasteiger charge is -2.12. The molecule has 0 aromatic rings. The van der Waals surface area contributed by atoms with E-state index in [1.165, 1.54) is 0 Å². The standard InChI is InChI=1S/C6H12FNO2/c1-4(2-3-7)5(8)6(9)10/h4-5H,2-3,8H2,1H3,(H,9,10)/t4-,5-/m0/s1. The summed E-state index contributed by atoms with van der Waals surface area (Å²) in [6.07, 6.45) is 0.216. The Hall–Kier alpha value is -0.640. The fraction of sp³-hybridized carbons (Fsp3) is 0.833. The molecule has 0 bridgehead atoms. The van der Waals surface area contributed by atoms with E-state index >= 15 is 0 Å². The molecule has 0 aliphatic carbocycles. The smallest absolute Gasteiger partial charge is 0.320 e. The van der Waals surface area contributed by atoms with E-state index in [9.17, 15) is 9.18 Å².